The van der Waals surface area contributed by atoms with E-state index in [1.807, 2.05) is 0 Å². The fourth-order valence-electron chi connectivity index (χ4n) is 4.09. The Morgan fingerprint density at radius 3 is 1.86 bits per heavy atom. The molecule has 0 radical (unpaired) electrons. The maximum atomic E-state index is 2.54. The van der Waals surface area contributed by atoms with Crippen LogP contribution < -0.4 is 0 Å². The van der Waals surface area contributed by atoms with Crippen LogP contribution in [0.4, 0.5) is 0 Å². The van der Waals surface area contributed by atoms with Crippen LogP contribution in [0.25, 0.3) is 5.57 Å². The van der Waals surface area contributed by atoms with Crippen molar-refractivity contribution in [3.8, 4) is 0 Å². The largest absolute Gasteiger partial charge is 0.376 e. The first-order valence-corrected chi connectivity index (χ1v) is 10.5. The molecule has 0 bridgehead atoms. The molecule has 0 saturated carbocycles. The lowest BCUT2D eigenvalue weighted by atomic mass is 9.88. The van der Waals surface area contributed by atoms with Crippen molar-refractivity contribution >= 4 is 5.57 Å². The normalized spacial score (nSPS) is 14.6. The molecule has 0 atom stereocenters. The van der Waals surface area contributed by atoms with Crippen LogP contribution in [0.3, 0.4) is 0 Å². The number of aryl methyl sites for hydroxylation is 1. The van der Waals surface area contributed by atoms with Gasteiger partial charge in [-0.05, 0) is 59.9 Å². The van der Waals surface area contributed by atoms with Gasteiger partial charge in [-0.3, -0.25) is 0 Å². The summed E-state index contributed by atoms with van der Waals surface area (Å²) in [5.41, 5.74) is 7.29. The standard InChI is InChI=1S/C27H29N/c1-3-10-23(11-4-1)18-20-28(21-19-24-12-5-2-6-13-24)22-26-16-9-15-25-14-7-8-17-27(25)26/h1-8,10-14,17,22H,9,15-16,18-21H2. The van der Waals surface area contributed by atoms with Gasteiger partial charge in [-0.2, -0.15) is 0 Å². The smallest absolute Gasteiger partial charge is 0.0213 e. The number of fused-ring (bicyclic) bond motifs is 1. The Kier molecular flexibility index (Phi) is 6.24. The van der Waals surface area contributed by atoms with Crippen LogP contribution in [0, 0.1) is 0 Å². The highest BCUT2D eigenvalue weighted by Gasteiger charge is 2.14. The van der Waals surface area contributed by atoms with Crippen molar-refractivity contribution in [1.82, 2.24) is 4.90 Å². The molecule has 0 amide bonds. The van der Waals surface area contributed by atoms with E-state index in [4.69, 9.17) is 0 Å². The van der Waals surface area contributed by atoms with Crippen molar-refractivity contribution in [3.63, 3.8) is 0 Å². The quantitative estimate of drug-likeness (QED) is 0.484. The Balaban J connectivity index is 1.52. The van der Waals surface area contributed by atoms with Gasteiger partial charge in [0, 0.05) is 19.3 Å². The first-order valence-electron chi connectivity index (χ1n) is 10.5. The molecule has 1 nitrogen and oxygen atoms in total. The van der Waals surface area contributed by atoms with E-state index in [9.17, 15) is 0 Å². The van der Waals surface area contributed by atoms with Gasteiger partial charge < -0.3 is 4.90 Å². The molecule has 0 spiro atoms. The third kappa shape index (κ3) is 4.92. The second-order valence-corrected chi connectivity index (χ2v) is 7.67. The first-order chi connectivity index (χ1) is 13.9. The van der Waals surface area contributed by atoms with Gasteiger partial charge in [0.25, 0.3) is 0 Å². The van der Waals surface area contributed by atoms with E-state index in [1.54, 1.807) is 0 Å². The summed E-state index contributed by atoms with van der Waals surface area (Å²) in [4.78, 5) is 2.54. The minimum Gasteiger partial charge on any atom is -0.376 e. The van der Waals surface area contributed by atoms with Gasteiger partial charge >= 0.3 is 0 Å². The minimum absolute atomic E-state index is 1.06. The monoisotopic (exact) mass is 367 g/mol. The molecule has 1 aliphatic rings. The van der Waals surface area contributed by atoms with Gasteiger partial charge in [0.2, 0.25) is 0 Å². The molecule has 0 aliphatic heterocycles. The number of benzene rings is 3. The molecule has 0 aromatic heterocycles. The van der Waals surface area contributed by atoms with Crippen molar-refractivity contribution in [3.05, 3.63) is 113 Å². The minimum atomic E-state index is 1.06. The van der Waals surface area contributed by atoms with E-state index < -0.39 is 0 Å². The highest BCUT2D eigenvalue weighted by atomic mass is 15.1. The van der Waals surface area contributed by atoms with Crippen molar-refractivity contribution in [1.29, 1.82) is 0 Å². The molecular formula is C27H29N. The van der Waals surface area contributed by atoms with E-state index in [1.165, 1.54) is 47.1 Å². The van der Waals surface area contributed by atoms with Crippen LogP contribution >= 0.6 is 0 Å². The van der Waals surface area contributed by atoms with E-state index >= 15 is 0 Å². The fourth-order valence-corrected chi connectivity index (χ4v) is 4.09. The third-order valence-corrected chi connectivity index (χ3v) is 5.65. The second-order valence-electron chi connectivity index (χ2n) is 7.67. The molecular weight excluding hydrogens is 338 g/mol. The molecule has 0 saturated heterocycles. The number of rotatable bonds is 7. The average Bonchev–Trinajstić information content (AvgIpc) is 2.77. The van der Waals surface area contributed by atoms with Crippen LogP contribution in [0.5, 0.6) is 0 Å². The SMILES string of the molecule is C(=C1CCCc2ccccc21)N(CCc1ccccc1)CCc1ccccc1. The van der Waals surface area contributed by atoms with E-state index in [0.717, 1.165) is 25.9 Å². The Hall–Kier alpha value is -2.80. The van der Waals surface area contributed by atoms with Crippen molar-refractivity contribution in [2.75, 3.05) is 13.1 Å². The molecule has 0 unspecified atom stereocenters. The molecule has 0 N–H and O–H groups in total. The predicted octanol–water partition coefficient (Wildman–Crippen LogP) is 6.15. The topological polar surface area (TPSA) is 3.24 Å². The lowest BCUT2D eigenvalue weighted by Gasteiger charge is -2.25. The van der Waals surface area contributed by atoms with Crippen LogP contribution in [0.15, 0.2) is 91.1 Å². The third-order valence-electron chi connectivity index (χ3n) is 5.65. The highest BCUT2D eigenvalue weighted by molar-refractivity contribution is 5.69. The Morgan fingerprint density at radius 2 is 1.21 bits per heavy atom. The maximum absolute atomic E-state index is 2.54. The summed E-state index contributed by atoms with van der Waals surface area (Å²) >= 11 is 0. The second kappa shape index (κ2) is 9.41. The van der Waals surface area contributed by atoms with Gasteiger partial charge in [0.15, 0.2) is 0 Å². The highest BCUT2D eigenvalue weighted by Crippen LogP contribution is 2.30. The Labute approximate surface area is 169 Å². The Bertz CT molecular complexity index is 852. The summed E-state index contributed by atoms with van der Waals surface area (Å²) in [6.07, 6.45) is 8.27. The summed E-state index contributed by atoms with van der Waals surface area (Å²) in [5.74, 6) is 0. The molecule has 3 aromatic carbocycles. The zero-order chi connectivity index (χ0) is 19.0. The van der Waals surface area contributed by atoms with Crippen molar-refractivity contribution in [2.24, 2.45) is 0 Å². The molecule has 1 heteroatoms. The Morgan fingerprint density at radius 1 is 0.643 bits per heavy atom. The number of allylic oxidation sites excluding steroid dienone is 1. The summed E-state index contributed by atoms with van der Waals surface area (Å²) in [5, 5.41) is 0. The number of nitrogens with zero attached hydrogens (tertiary/aromatic N) is 1. The predicted molar refractivity (Wildman–Crippen MR) is 119 cm³/mol. The fraction of sp³-hybridized carbons (Fsp3) is 0.259. The molecule has 0 fully saturated rings. The summed E-state index contributed by atoms with van der Waals surface area (Å²) in [7, 11) is 0. The van der Waals surface area contributed by atoms with Gasteiger partial charge in [-0.15, -0.1) is 0 Å². The van der Waals surface area contributed by atoms with Gasteiger partial charge in [0.05, 0.1) is 0 Å². The van der Waals surface area contributed by atoms with E-state index in [2.05, 4.69) is 96.0 Å². The van der Waals surface area contributed by atoms with E-state index in [-0.39, 0.29) is 0 Å². The lowest BCUT2D eigenvalue weighted by molar-refractivity contribution is 0.384. The molecule has 28 heavy (non-hydrogen) atoms. The summed E-state index contributed by atoms with van der Waals surface area (Å²) in [6, 6.07) is 30.6. The molecule has 4 rings (SSSR count). The lowest BCUT2D eigenvalue weighted by Crippen LogP contribution is -2.24. The summed E-state index contributed by atoms with van der Waals surface area (Å²) < 4.78 is 0. The van der Waals surface area contributed by atoms with Crippen LogP contribution in [-0.2, 0) is 19.3 Å². The molecule has 3 aromatic rings. The maximum Gasteiger partial charge on any atom is 0.0213 e. The summed E-state index contributed by atoms with van der Waals surface area (Å²) in [6.45, 7) is 2.12. The number of hydrogen-bond acceptors (Lipinski definition) is 1. The zero-order valence-electron chi connectivity index (χ0n) is 16.6. The number of hydrogen-bond donors (Lipinski definition) is 0. The van der Waals surface area contributed by atoms with Gasteiger partial charge in [-0.25, -0.2) is 0 Å². The van der Waals surface area contributed by atoms with Crippen molar-refractivity contribution in [2.45, 2.75) is 32.1 Å². The zero-order valence-corrected chi connectivity index (χ0v) is 16.6. The van der Waals surface area contributed by atoms with Crippen molar-refractivity contribution < 1.29 is 0 Å². The van der Waals surface area contributed by atoms with Crippen LogP contribution in [0.2, 0.25) is 0 Å². The van der Waals surface area contributed by atoms with Crippen LogP contribution in [0.1, 0.15) is 35.1 Å². The van der Waals surface area contributed by atoms with E-state index in [0.29, 0.717) is 0 Å². The molecule has 142 valence electrons. The first kappa shape index (κ1) is 18.6. The average molecular weight is 368 g/mol. The van der Waals surface area contributed by atoms with Gasteiger partial charge in [-0.1, -0.05) is 84.9 Å². The molecule has 0 heterocycles. The van der Waals surface area contributed by atoms with Gasteiger partial charge in [0.1, 0.15) is 0 Å². The van der Waals surface area contributed by atoms with Crippen LogP contribution in [-0.4, -0.2) is 18.0 Å². The molecule has 1 aliphatic carbocycles.